The predicted octanol–water partition coefficient (Wildman–Crippen LogP) is 3.27. The van der Waals surface area contributed by atoms with Crippen molar-refractivity contribution in [2.45, 2.75) is 18.9 Å². The van der Waals surface area contributed by atoms with Gasteiger partial charge in [-0.1, -0.05) is 48.5 Å². The van der Waals surface area contributed by atoms with E-state index in [9.17, 15) is 13.6 Å². The minimum Gasteiger partial charge on any atom is -0.345 e. The lowest BCUT2D eigenvalue weighted by molar-refractivity contribution is -0.918. The lowest BCUT2D eigenvalue weighted by Crippen LogP contribution is -3.11. The minimum absolute atomic E-state index is 0.0346. The Morgan fingerprint density at radius 1 is 0.929 bits per heavy atom. The summed E-state index contributed by atoms with van der Waals surface area (Å²) in [6.07, 6.45) is 2.29. The molecule has 1 fully saturated rings. The average Bonchev–Trinajstić information content (AvgIpc) is 3.23. The van der Waals surface area contributed by atoms with Gasteiger partial charge in [0.2, 0.25) is 0 Å². The first-order chi connectivity index (χ1) is 13.6. The summed E-state index contributed by atoms with van der Waals surface area (Å²) in [6.45, 7) is 2.38. The summed E-state index contributed by atoms with van der Waals surface area (Å²) < 4.78 is 27.9. The number of carbonyl (C=O) groups excluding carboxylic acids is 1. The molecule has 1 atom stereocenters. The van der Waals surface area contributed by atoms with Crippen molar-refractivity contribution in [2.75, 3.05) is 19.6 Å². The van der Waals surface area contributed by atoms with Gasteiger partial charge in [-0.3, -0.25) is 4.79 Å². The van der Waals surface area contributed by atoms with Gasteiger partial charge in [-0.05, 0) is 22.9 Å². The van der Waals surface area contributed by atoms with Crippen LogP contribution in [-0.4, -0.2) is 25.5 Å². The van der Waals surface area contributed by atoms with Crippen LogP contribution in [-0.2, 0) is 0 Å². The zero-order valence-corrected chi connectivity index (χ0v) is 15.6. The van der Waals surface area contributed by atoms with Crippen LogP contribution in [0.15, 0.2) is 60.7 Å². The third kappa shape index (κ3) is 3.62. The number of quaternary nitrogens is 1. The summed E-state index contributed by atoms with van der Waals surface area (Å²) in [5, 5.41) is 5.08. The van der Waals surface area contributed by atoms with E-state index in [4.69, 9.17) is 0 Å². The fourth-order valence-electron chi connectivity index (χ4n) is 4.20. The molecule has 0 bridgehead atoms. The summed E-state index contributed by atoms with van der Waals surface area (Å²) >= 11 is 0. The molecule has 5 heteroatoms. The number of hydrogen-bond acceptors (Lipinski definition) is 1. The van der Waals surface area contributed by atoms with Crippen molar-refractivity contribution in [3.05, 3.63) is 83.4 Å². The largest absolute Gasteiger partial charge is 0.345 e. The first-order valence-electron chi connectivity index (χ1n) is 9.69. The van der Waals surface area contributed by atoms with Gasteiger partial charge in [-0.25, -0.2) is 8.78 Å². The first-order valence-corrected chi connectivity index (χ1v) is 9.69. The average molecular weight is 381 g/mol. The Labute approximate surface area is 163 Å². The fourth-order valence-corrected chi connectivity index (χ4v) is 4.20. The van der Waals surface area contributed by atoms with Crippen LogP contribution in [0.3, 0.4) is 0 Å². The third-order valence-electron chi connectivity index (χ3n) is 5.59. The highest BCUT2D eigenvalue weighted by Crippen LogP contribution is 2.23. The van der Waals surface area contributed by atoms with E-state index in [2.05, 4.69) is 29.6 Å². The van der Waals surface area contributed by atoms with Gasteiger partial charge in [0, 0.05) is 18.4 Å². The number of fused-ring (bicyclic) bond motifs is 1. The quantitative estimate of drug-likeness (QED) is 0.699. The lowest BCUT2D eigenvalue weighted by atomic mass is 9.97. The van der Waals surface area contributed by atoms with Crippen molar-refractivity contribution in [2.24, 2.45) is 0 Å². The molecule has 3 nitrogen and oxygen atoms in total. The van der Waals surface area contributed by atoms with Crippen LogP contribution in [0, 0.1) is 11.6 Å². The van der Waals surface area contributed by atoms with Crippen LogP contribution < -0.4 is 10.2 Å². The second-order valence-electron chi connectivity index (χ2n) is 7.29. The van der Waals surface area contributed by atoms with Crippen molar-refractivity contribution in [1.29, 1.82) is 0 Å². The van der Waals surface area contributed by atoms with Gasteiger partial charge < -0.3 is 10.2 Å². The standard InChI is InChI=1S/C23H22F2N2O/c24-19-11-6-12-20(25)22(19)23(28)26-15-21(27-13-3-4-14-27)18-10-5-8-16-7-1-2-9-17(16)18/h1-2,5-12,21H,3-4,13-15H2,(H,26,28)/p+1/t21-/m0/s1. The molecule has 0 aromatic heterocycles. The molecule has 0 saturated carbocycles. The van der Waals surface area contributed by atoms with Gasteiger partial charge in [-0.2, -0.15) is 0 Å². The van der Waals surface area contributed by atoms with Gasteiger partial charge in [0.25, 0.3) is 5.91 Å². The molecule has 3 aromatic carbocycles. The van der Waals surface area contributed by atoms with Crippen LogP contribution in [0.1, 0.15) is 34.8 Å². The number of halogens is 2. The molecule has 1 amide bonds. The van der Waals surface area contributed by atoms with E-state index >= 15 is 0 Å². The number of hydrogen-bond donors (Lipinski definition) is 2. The number of benzene rings is 3. The number of rotatable bonds is 5. The van der Waals surface area contributed by atoms with Crippen molar-refractivity contribution >= 4 is 16.7 Å². The maximum Gasteiger partial charge on any atom is 0.257 e. The van der Waals surface area contributed by atoms with Gasteiger partial charge in [0.05, 0.1) is 19.6 Å². The highest BCUT2D eigenvalue weighted by atomic mass is 19.1. The molecule has 144 valence electrons. The van der Waals surface area contributed by atoms with Crippen molar-refractivity contribution in [1.82, 2.24) is 5.32 Å². The Hall–Kier alpha value is -2.79. The number of nitrogens with one attached hydrogen (secondary N) is 2. The second kappa shape index (κ2) is 8.07. The van der Waals surface area contributed by atoms with Gasteiger partial charge >= 0.3 is 0 Å². The third-order valence-corrected chi connectivity index (χ3v) is 5.59. The van der Waals surface area contributed by atoms with Crippen LogP contribution in [0.2, 0.25) is 0 Å². The highest BCUT2D eigenvalue weighted by molar-refractivity contribution is 5.94. The number of amides is 1. The zero-order chi connectivity index (χ0) is 19.5. The molecule has 2 N–H and O–H groups in total. The second-order valence-corrected chi connectivity index (χ2v) is 7.29. The molecule has 4 rings (SSSR count). The summed E-state index contributed by atoms with van der Waals surface area (Å²) in [4.78, 5) is 13.9. The maximum atomic E-state index is 14.0. The molecular weight excluding hydrogens is 358 g/mol. The van der Waals surface area contributed by atoms with E-state index in [1.165, 1.54) is 11.0 Å². The Morgan fingerprint density at radius 2 is 1.57 bits per heavy atom. The maximum absolute atomic E-state index is 14.0. The van der Waals surface area contributed by atoms with E-state index < -0.39 is 23.1 Å². The Kier molecular flexibility index (Phi) is 5.35. The van der Waals surface area contributed by atoms with E-state index in [0.717, 1.165) is 54.4 Å². The smallest absolute Gasteiger partial charge is 0.257 e. The molecule has 28 heavy (non-hydrogen) atoms. The molecule has 1 saturated heterocycles. The monoisotopic (exact) mass is 381 g/mol. The summed E-state index contributed by atoms with van der Waals surface area (Å²) in [5.41, 5.74) is 0.639. The van der Waals surface area contributed by atoms with Crippen molar-refractivity contribution < 1.29 is 18.5 Å². The van der Waals surface area contributed by atoms with Crippen LogP contribution in [0.25, 0.3) is 10.8 Å². The van der Waals surface area contributed by atoms with E-state index in [1.54, 1.807) is 0 Å². The SMILES string of the molecule is O=C(NC[C@@H](c1cccc2ccccc12)[NH+]1CCCC1)c1c(F)cccc1F. The van der Waals surface area contributed by atoms with Crippen LogP contribution >= 0.6 is 0 Å². The number of carbonyl (C=O) groups is 1. The topological polar surface area (TPSA) is 33.5 Å². The van der Waals surface area contributed by atoms with Gasteiger partial charge in [0.1, 0.15) is 23.2 Å². The molecule has 0 aliphatic carbocycles. The number of likely N-dealkylation sites (tertiary alicyclic amines) is 1. The minimum atomic E-state index is -0.840. The first kappa shape index (κ1) is 18.6. The summed E-state index contributed by atoms with van der Waals surface area (Å²) in [7, 11) is 0. The van der Waals surface area contributed by atoms with Crippen molar-refractivity contribution in [3.8, 4) is 0 Å². The molecule has 0 spiro atoms. The van der Waals surface area contributed by atoms with Gasteiger partial charge in [-0.15, -0.1) is 0 Å². The lowest BCUT2D eigenvalue weighted by Gasteiger charge is -2.26. The normalized spacial score (nSPS) is 15.6. The Morgan fingerprint density at radius 3 is 2.32 bits per heavy atom. The molecule has 0 radical (unpaired) electrons. The Bertz CT molecular complexity index is 973. The highest BCUT2D eigenvalue weighted by Gasteiger charge is 2.29. The zero-order valence-electron chi connectivity index (χ0n) is 15.6. The summed E-state index contributed by atoms with van der Waals surface area (Å²) in [5.74, 6) is -2.39. The molecule has 3 aromatic rings. The Balaban J connectivity index is 1.63. The molecule has 0 unspecified atom stereocenters. The van der Waals surface area contributed by atoms with Crippen molar-refractivity contribution in [3.63, 3.8) is 0 Å². The van der Waals surface area contributed by atoms with E-state index in [0.29, 0.717) is 6.54 Å². The van der Waals surface area contributed by atoms with Gasteiger partial charge in [0.15, 0.2) is 0 Å². The fraction of sp³-hybridized carbons (Fsp3) is 0.261. The van der Waals surface area contributed by atoms with E-state index in [-0.39, 0.29) is 6.04 Å². The molecule has 1 heterocycles. The van der Waals surface area contributed by atoms with E-state index in [1.807, 2.05) is 18.2 Å². The predicted molar refractivity (Wildman–Crippen MR) is 105 cm³/mol. The molecule has 1 aliphatic heterocycles. The van der Waals surface area contributed by atoms with Crippen LogP contribution in [0.4, 0.5) is 8.78 Å². The molecular formula is C23H23F2N2O+. The summed E-state index contributed by atoms with van der Waals surface area (Å²) in [6, 6.07) is 17.9. The van der Waals surface area contributed by atoms with Crippen LogP contribution in [0.5, 0.6) is 0 Å². The molecule has 1 aliphatic rings.